The third-order valence-corrected chi connectivity index (χ3v) is 6.34. The zero-order valence-electron chi connectivity index (χ0n) is 15.0. The molecule has 6 heteroatoms. The van der Waals surface area contributed by atoms with Crippen molar-refractivity contribution < 1.29 is 9.59 Å². The number of hydrogen-bond donors (Lipinski definition) is 2. The quantitative estimate of drug-likeness (QED) is 0.794. The van der Waals surface area contributed by atoms with Crippen LogP contribution in [0.5, 0.6) is 0 Å². The molecule has 3 heterocycles. The predicted molar refractivity (Wildman–Crippen MR) is 98.9 cm³/mol. The number of imide groups is 1. The summed E-state index contributed by atoms with van der Waals surface area (Å²) >= 11 is 0. The summed E-state index contributed by atoms with van der Waals surface area (Å²) in [5, 5.41) is 3.80. The highest BCUT2D eigenvalue weighted by Gasteiger charge is 2.40. The number of H-pyrrole nitrogens is 1. The predicted octanol–water partition coefficient (Wildman–Crippen LogP) is 1.09. The smallest absolute Gasteiger partial charge is 0.240 e. The molecular weight excluding hydrogens is 328 g/mol. The van der Waals surface area contributed by atoms with Gasteiger partial charge in [0.25, 0.3) is 0 Å². The van der Waals surface area contributed by atoms with Gasteiger partial charge < -0.3 is 9.88 Å². The number of carbonyl (C=O) groups is 2. The molecule has 2 amide bonds. The number of amides is 2. The Morgan fingerprint density at radius 2 is 2.00 bits per heavy atom. The fourth-order valence-corrected chi connectivity index (χ4v) is 5.38. The largest absolute Gasteiger partial charge is 0.361 e. The van der Waals surface area contributed by atoms with Crippen molar-refractivity contribution in [2.75, 3.05) is 33.2 Å². The van der Waals surface area contributed by atoms with Crippen LogP contribution in [0.2, 0.25) is 0 Å². The van der Waals surface area contributed by atoms with E-state index in [1.807, 2.05) is 4.90 Å². The molecule has 5 rings (SSSR count). The van der Waals surface area contributed by atoms with Gasteiger partial charge in [0.05, 0.1) is 13.1 Å². The zero-order valence-corrected chi connectivity index (χ0v) is 15.0. The van der Waals surface area contributed by atoms with Crippen LogP contribution < -0.4 is 5.32 Å². The van der Waals surface area contributed by atoms with Crippen molar-refractivity contribution in [2.24, 2.45) is 5.92 Å². The van der Waals surface area contributed by atoms with Gasteiger partial charge in [0.2, 0.25) is 11.8 Å². The van der Waals surface area contributed by atoms with E-state index in [2.05, 4.69) is 46.6 Å². The second-order valence-corrected chi connectivity index (χ2v) is 8.14. The van der Waals surface area contributed by atoms with Crippen LogP contribution in [0, 0.1) is 5.92 Å². The van der Waals surface area contributed by atoms with E-state index in [0.717, 1.165) is 25.9 Å². The SMILES string of the molecule is CN1C[C@H](CN2CC(=O)NC(=O)C2)CC2c3cccc4[nH]cc(c34)C[C@H]21. The average molecular weight is 352 g/mol. The van der Waals surface area contributed by atoms with Crippen molar-refractivity contribution >= 4 is 22.7 Å². The van der Waals surface area contributed by atoms with Crippen molar-refractivity contribution in [3.63, 3.8) is 0 Å². The average Bonchev–Trinajstić information content (AvgIpc) is 3.00. The van der Waals surface area contributed by atoms with Crippen LogP contribution >= 0.6 is 0 Å². The highest BCUT2D eigenvalue weighted by atomic mass is 16.2. The highest BCUT2D eigenvalue weighted by molar-refractivity contribution is 5.99. The number of fused-ring (bicyclic) bond motifs is 2. The summed E-state index contributed by atoms with van der Waals surface area (Å²) in [6.07, 6.45) is 4.38. The zero-order chi connectivity index (χ0) is 17.8. The van der Waals surface area contributed by atoms with Gasteiger partial charge >= 0.3 is 0 Å². The summed E-state index contributed by atoms with van der Waals surface area (Å²) in [6.45, 7) is 2.49. The maximum Gasteiger partial charge on any atom is 0.240 e. The number of piperazine rings is 1. The van der Waals surface area contributed by atoms with Gasteiger partial charge in [0.1, 0.15) is 0 Å². The first kappa shape index (κ1) is 16.0. The summed E-state index contributed by atoms with van der Waals surface area (Å²) in [7, 11) is 2.22. The lowest BCUT2D eigenvalue weighted by atomic mass is 9.72. The van der Waals surface area contributed by atoms with Gasteiger partial charge in [-0.3, -0.25) is 19.8 Å². The van der Waals surface area contributed by atoms with Crippen LogP contribution in [0.1, 0.15) is 23.5 Å². The maximum atomic E-state index is 11.7. The number of aromatic amines is 1. The van der Waals surface area contributed by atoms with E-state index in [4.69, 9.17) is 0 Å². The van der Waals surface area contributed by atoms with Gasteiger partial charge in [-0.25, -0.2) is 0 Å². The molecule has 2 saturated heterocycles. The van der Waals surface area contributed by atoms with E-state index in [0.29, 0.717) is 31.0 Å². The minimum absolute atomic E-state index is 0.178. The van der Waals surface area contributed by atoms with Crippen molar-refractivity contribution in [1.29, 1.82) is 0 Å². The molecule has 6 nitrogen and oxygen atoms in total. The number of benzene rings is 1. The first-order chi connectivity index (χ1) is 12.6. The van der Waals surface area contributed by atoms with E-state index in [9.17, 15) is 9.59 Å². The van der Waals surface area contributed by atoms with Crippen molar-refractivity contribution in [3.05, 3.63) is 35.5 Å². The molecule has 1 aromatic carbocycles. The number of hydrogen-bond acceptors (Lipinski definition) is 4. The van der Waals surface area contributed by atoms with Crippen LogP contribution in [-0.2, 0) is 16.0 Å². The Bertz CT molecular complexity index is 873. The van der Waals surface area contributed by atoms with Gasteiger partial charge in [0, 0.05) is 42.1 Å². The minimum Gasteiger partial charge on any atom is -0.361 e. The highest BCUT2D eigenvalue weighted by Crippen LogP contribution is 2.44. The monoisotopic (exact) mass is 352 g/mol. The van der Waals surface area contributed by atoms with E-state index in [1.54, 1.807) is 0 Å². The molecule has 1 unspecified atom stereocenters. The Hall–Kier alpha value is -2.18. The van der Waals surface area contributed by atoms with Gasteiger partial charge in [-0.1, -0.05) is 12.1 Å². The number of likely N-dealkylation sites (N-methyl/N-ethyl adjacent to an activating group) is 1. The molecule has 136 valence electrons. The Labute approximate surface area is 152 Å². The number of likely N-dealkylation sites (tertiary alicyclic amines) is 1. The van der Waals surface area contributed by atoms with Crippen LogP contribution in [0.4, 0.5) is 0 Å². The van der Waals surface area contributed by atoms with E-state index < -0.39 is 0 Å². The first-order valence-electron chi connectivity index (χ1n) is 9.42. The number of nitrogens with zero attached hydrogens (tertiary/aromatic N) is 2. The third-order valence-electron chi connectivity index (χ3n) is 6.34. The summed E-state index contributed by atoms with van der Waals surface area (Å²) in [6, 6.07) is 7.12. The van der Waals surface area contributed by atoms with Crippen LogP contribution in [0.15, 0.2) is 24.4 Å². The van der Waals surface area contributed by atoms with Gasteiger partial charge in [-0.05, 0) is 43.0 Å². The van der Waals surface area contributed by atoms with Crippen LogP contribution in [-0.4, -0.2) is 65.9 Å². The lowest BCUT2D eigenvalue weighted by Gasteiger charge is -2.46. The second kappa shape index (κ2) is 5.93. The van der Waals surface area contributed by atoms with Gasteiger partial charge in [0.15, 0.2) is 0 Å². The van der Waals surface area contributed by atoms with E-state index in [-0.39, 0.29) is 11.8 Å². The number of aromatic nitrogens is 1. The molecule has 2 aromatic rings. The van der Waals surface area contributed by atoms with Crippen molar-refractivity contribution in [2.45, 2.75) is 24.8 Å². The first-order valence-corrected chi connectivity index (χ1v) is 9.42. The topological polar surface area (TPSA) is 68.4 Å². The van der Waals surface area contributed by atoms with Crippen LogP contribution in [0.3, 0.4) is 0 Å². The fraction of sp³-hybridized carbons (Fsp3) is 0.500. The molecule has 3 atom stereocenters. The molecular formula is C20H24N4O2. The standard InChI is InChI=1S/C20H24N4O2/c1-23-8-12(9-24-10-18(25)22-19(26)11-24)5-15-14-3-2-4-16-20(14)13(7-21-16)6-17(15)23/h2-4,7,12,15,17,21H,5-6,8-11H2,1H3,(H,22,25,26)/t12-,15?,17-/m1/s1. The molecule has 2 aliphatic heterocycles. The van der Waals surface area contributed by atoms with E-state index in [1.165, 1.54) is 22.0 Å². The third kappa shape index (κ3) is 2.56. The summed E-state index contributed by atoms with van der Waals surface area (Å²) in [4.78, 5) is 31.2. The molecule has 3 aliphatic rings. The number of rotatable bonds is 2. The molecule has 0 bridgehead atoms. The molecule has 1 aromatic heterocycles. The second-order valence-electron chi connectivity index (χ2n) is 8.14. The Morgan fingerprint density at radius 1 is 1.19 bits per heavy atom. The summed E-state index contributed by atoms with van der Waals surface area (Å²) < 4.78 is 0. The number of nitrogens with one attached hydrogen (secondary N) is 2. The maximum absolute atomic E-state index is 11.7. The van der Waals surface area contributed by atoms with Gasteiger partial charge in [-0.15, -0.1) is 0 Å². The number of carbonyl (C=O) groups excluding carboxylic acids is 2. The summed E-state index contributed by atoms with van der Waals surface area (Å²) in [5.74, 6) is 0.626. The van der Waals surface area contributed by atoms with Crippen molar-refractivity contribution in [1.82, 2.24) is 20.1 Å². The molecule has 2 fully saturated rings. The molecule has 1 aliphatic carbocycles. The lowest BCUT2D eigenvalue weighted by Crippen LogP contribution is -2.55. The Balaban J connectivity index is 1.41. The number of piperidine rings is 1. The molecule has 0 spiro atoms. The van der Waals surface area contributed by atoms with Crippen molar-refractivity contribution in [3.8, 4) is 0 Å². The Kier molecular flexibility index (Phi) is 3.65. The Morgan fingerprint density at radius 3 is 2.81 bits per heavy atom. The molecule has 2 N–H and O–H groups in total. The van der Waals surface area contributed by atoms with Gasteiger partial charge in [-0.2, -0.15) is 0 Å². The minimum atomic E-state index is -0.178. The molecule has 26 heavy (non-hydrogen) atoms. The van der Waals surface area contributed by atoms with Crippen LogP contribution in [0.25, 0.3) is 10.9 Å². The molecule has 0 saturated carbocycles. The normalized spacial score (nSPS) is 29.7. The lowest BCUT2D eigenvalue weighted by molar-refractivity contribution is -0.136. The fourth-order valence-electron chi connectivity index (χ4n) is 5.38. The summed E-state index contributed by atoms with van der Waals surface area (Å²) in [5.41, 5.74) is 4.12. The molecule has 0 radical (unpaired) electrons. The van der Waals surface area contributed by atoms with E-state index >= 15 is 0 Å².